The normalized spacial score (nSPS) is 9.81. The molecule has 0 fully saturated rings. The maximum Gasteiger partial charge on any atom is 0.197 e. The monoisotopic (exact) mass is 207 g/mol. The summed E-state index contributed by atoms with van der Waals surface area (Å²) >= 11 is 0. The molecule has 0 N–H and O–H groups in total. The highest BCUT2D eigenvalue weighted by Gasteiger charge is 2.06. The third kappa shape index (κ3) is 1.83. The van der Waals surface area contributed by atoms with Gasteiger partial charge in [-0.25, -0.2) is 4.85 Å². The van der Waals surface area contributed by atoms with E-state index < -0.39 is 0 Å². The lowest BCUT2D eigenvalue weighted by atomic mass is 10.00. The van der Waals surface area contributed by atoms with Crippen LogP contribution in [0.1, 0.15) is 11.1 Å². The van der Waals surface area contributed by atoms with Gasteiger partial charge in [0, 0.05) is 0 Å². The van der Waals surface area contributed by atoms with Crippen molar-refractivity contribution in [2.24, 2.45) is 0 Å². The van der Waals surface area contributed by atoms with E-state index in [4.69, 9.17) is 6.57 Å². The molecule has 0 aromatic heterocycles. The van der Waals surface area contributed by atoms with Crippen molar-refractivity contribution in [1.82, 2.24) is 0 Å². The van der Waals surface area contributed by atoms with Crippen LogP contribution in [0, 0.1) is 20.4 Å². The summed E-state index contributed by atoms with van der Waals surface area (Å²) in [5.41, 5.74) is 5.16. The van der Waals surface area contributed by atoms with Gasteiger partial charge >= 0.3 is 0 Å². The fourth-order valence-corrected chi connectivity index (χ4v) is 1.77. The van der Waals surface area contributed by atoms with Crippen molar-refractivity contribution in [1.29, 1.82) is 0 Å². The standard InChI is InChI=1S/C15H13N/c1-11-7-9-13(10-8-11)14-6-4-5-12(2)15(14)16-3/h4-10H,1-2H3. The van der Waals surface area contributed by atoms with Crippen LogP contribution in [0.25, 0.3) is 16.0 Å². The van der Waals surface area contributed by atoms with Crippen LogP contribution >= 0.6 is 0 Å². The molecule has 0 heterocycles. The summed E-state index contributed by atoms with van der Waals surface area (Å²) in [5, 5.41) is 0. The molecule has 1 nitrogen and oxygen atoms in total. The Balaban J connectivity index is 2.61. The second kappa shape index (κ2) is 4.20. The molecule has 2 rings (SSSR count). The van der Waals surface area contributed by atoms with E-state index in [0.717, 1.165) is 22.4 Å². The largest absolute Gasteiger partial charge is 0.237 e. The lowest BCUT2D eigenvalue weighted by Crippen LogP contribution is -1.81. The summed E-state index contributed by atoms with van der Waals surface area (Å²) in [7, 11) is 0. The van der Waals surface area contributed by atoms with Gasteiger partial charge in [0.2, 0.25) is 0 Å². The minimum atomic E-state index is 0.756. The molecular weight excluding hydrogens is 194 g/mol. The first-order chi connectivity index (χ1) is 7.72. The maximum absolute atomic E-state index is 7.24. The van der Waals surface area contributed by atoms with Gasteiger partial charge in [-0.15, -0.1) is 0 Å². The van der Waals surface area contributed by atoms with Crippen molar-refractivity contribution in [2.45, 2.75) is 13.8 Å². The number of rotatable bonds is 1. The molecule has 0 aliphatic rings. The molecule has 1 heteroatoms. The first-order valence-corrected chi connectivity index (χ1v) is 5.26. The van der Waals surface area contributed by atoms with Gasteiger partial charge in [0.25, 0.3) is 0 Å². The summed E-state index contributed by atoms with van der Waals surface area (Å²) in [6.07, 6.45) is 0. The summed E-state index contributed by atoms with van der Waals surface area (Å²) in [5.74, 6) is 0. The number of hydrogen-bond donors (Lipinski definition) is 0. The highest BCUT2D eigenvalue weighted by Crippen LogP contribution is 2.33. The van der Waals surface area contributed by atoms with Crippen molar-refractivity contribution in [3.8, 4) is 11.1 Å². The minimum absolute atomic E-state index is 0.756. The van der Waals surface area contributed by atoms with Gasteiger partial charge in [-0.1, -0.05) is 48.0 Å². The predicted molar refractivity (Wildman–Crippen MR) is 67.6 cm³/mol. The molecule has 0 saturated carbocycles. The summed E-state index contributed by atoms with van der Waals surface area (Å²) < 4.78 is 0. The predicted octanol–water partition coefficient (Wildman–Crippen LogP) is 4.52. The Morgan fingerprint density at radius 3 is 2.25 bits per heavy atom. The van der Waals surface area contributed by atoms with Gasteiger partial charge in [-0.2, -0.15) is 0 Å². The van der Waals surface area contributed by atoms with E-state index in [0.29, 0.717) is 0 Å². The molecule has 78 valence electrons. The summed E-state index contributed by atoms with van der Waals surface area (Å²) in [4.78, 5) is 3.62. The lowest BCUT2D eigenvalue weighted by Gasteiger charge is -2.07. The second-order valence-corrected chi connectivity index (χ2v) is 3.95. The third-order valence-corrected chi connectivity index (χ3v) is 2.71. The Morgan fingerprint density at radius 1 is 0.938 bits per heavy atom. The van der Waals surface area contributed by atoms with E-state index in [-0.39, 0.29) is 0 Å². The number of nitrogens with zero attached hydrogens (tertiary/aromatic N) is 1. The molecule has 0 unspecified atom stereocenters. The first kappa shape index (κ1) is 10.4. The van der Waals surface area contributed by atoms with Crippen LogP contribution < -0.4 is 0 Å². The van der Waals surface area contributed by atoms with Crippen LogP contribution in [-0.4, -0.2) is 0 Å². The maximum atomic E-state index is 7.24. The van der Waals surface area contributed by atoms with E-state index >= 15 is 0 Å². The molecule has 0 saturated heterocycles. The molecule has 2 aromatic rings. The Hall–Kier alpha value is -2.07. The quantitative estimate of drug-likeness (QED) is 0.605. The first-order valence-electron chi connectivity index (χ1n) is 5.26. The minimum Gasteiger partial charge on any atom is -0.237 e. The van der Waals surface area contributed by atoms with Crippen LogP contribution in [0.5, 0.6) is 0 Å². The molecular formula is C15H13N. The van der Waals surface area contributed by atoms with Gasteiger partial charge in [-0.3, -0.25) is 0 Å². The van der Waals surface area contributed by atoms with Crippen molar-refractivity contribution in [3.63, 3.8) is 0 Å². The number of benzene rings is 2. The molecule has 2 aromatic carbocycles. The van der Waals surface area contributed by atoms with Crippen molar-refractivity contribution >= 4 is 5.69 Å². The molecule has 0 aliphatic heterocycles. The van der Waals surface area contributed by atoms with Crippen LogP contribution in [0.3, 0.4) is 0 Å². The number of aryl methyl sites for hydroxylation is 2. The topological polar surface area (TPSA) is 4.36 Å². The van der Waals surface area contributed by atoms with Crippen LogP contribution in [0.15, 0.2) is 42.5 Å². The summed E-state index contributed by atoms with van der Waals surface area (Å²) in [6.45, 7) is 11.3. The van der Waals surface area contributed by atoms with Gasteiger partial charge in [0.1, 0.15) is 0 Å². The molecule has 0 spiro atoms. The number of hydrogen-bond acceptors (Lipinski definition) is 0. The summed E-state index contributed by atoms with van der Waals surface area (Å²) in [6, 6.07) is 14.3. The van der Waals surface area contributed by atoms with Crippen molar-refractivity contribution < 1.29 is 0 Å². The Bertz CT molecular complexity index is 545. The van der Waals surface area contributed by atoms with Crippen LogP contribution in [0.2, 0.25) is 0 Å². The van der Waals surface area contributed by atoms with Crippen LogP contribution in [0.4, 0.5) is 5.69 Å². The third-order valence-electron chi connectivity index (χ3n) is 2.71. The lowest BCUT2D eigenvalue weighted by molar-refractivity contribution is 1.45. The fraction of sp³-hybridized carbons (Fsp3) is 0.133. The van der Waals surface area contributed by atoms with Gasteiger partial charge in [0.05, 0.1) is 6.57 Å². The van der Waals surface area contributed by atoms with Crippen molar-refractivity contribution in [2.75, 3.05) is 0 Å². The highest BCUT2D eigenvalue weighted by molar-refractivity contribution is 5.80. The van der Waals surface area contributed by atoms with E-state index in [2.05, 4.69) is 36.0 Å². The molecule has 0 radical (unpaired) electrons. The smallest absolute Gasteiger partial charge is 0.197 e. The molecule has 0 aliphatic carbocycles. The van der Waals surface area contributed by atoms with E-state index in [1.165, 1.54) is 5.56 Å². The van der Waals surface area contributed by atoms with Gasteiger partial charge < -0.3 is 0 Å². The molecule has 0 atom stereocenters. The Morgan fingerprint density at radius 2 is 1.62 bits per heavy atom. The molecule has 0 amide bonds. The SMILES string of the molecule is [C-]#[N+]c1c(C)cccc1-c1ccc(C)cc1. The second-order valence-electron chi connectivity index (χ2n) is 3.95. The Kier molecular flexibility index (Phi) is 2.74. The zero-order valence-electron chi connectivity index (χ0n) is 9.49. The van der Waals surface area contributed by atoms with Crippen LogP contribution in [-0.2, 0) is 0 Å². The van der Waals surface area contributed by atoms with Gasteiger partial charge in [-0.05, 0) is 30.5 Å². The Labute approximate surface area is 96.2 Å². The van der Waals surface area contributed by atoms with E-state index in [1.54, 1.807) is 0 Å². The van der Waals surface area contributed by atoms with Crippen molar-refractivity contribution in [3.05, 3.63) is 65.0 Å². The zero-order valence-corrected chi connectivity index (χ0v) is 9.49. The van der Waals surface area contributed by atoms with E-state index in [9.17, 15) is 0 Å². The van der Waals surface area contributed by atoms with E-state index in [1.807, 2.05) is 25.1 Å². The van der Waals surface area contributed by atoms with Gasteiger partial charge in [0.15, 0.2) is 5.69 Å². The average molecular weight is 207 g/mol. The molecule has 16 heavy (non-hydrogen) atoms. The fourth-order valence-electron chi connectivity index (χ4n) is 1.77. The zero-order chi connectivity index (χ0) is 11.5. The molecule has 0 bridgehead atoms. The number of para-hydroxylation sites is 1. The highest BCUT2D eigenvalue weighted by atomic mass is 14.7. The average Bonchev–Trinajstić information content (AvgIpc) is 2.30.